The van der Waals surface area contributed by atoms with E-state index < -0.39 is 0 Å². The van der Waals surface area contributed by atoms with E-state index in [1.165, 1.54) is 0 Å². The second kappa shape index (κ2) is 8.99. The van der Waals surface area contributed by atoms with Crippen molar-refractivity contribution in [1.82, 2.24) is 10.6 Å². The summed E-state index contributed by atoms with van der Waals surface area (Å²) in [5.74, 6) is 2.33. The summed E-state index contributed by atoms with van der Waals surface area (Å²) < 4.78 is 11.1. The Bertz CT molecular complexity index is 519. The van der Waals surface area contributed by atoms with Crippen LogP contribution in [0.1, 0.15) is 24.8 Å². The van der Waals surface area contributed by atoms with Crippen LogP contribution in [0.3, 0.4) is 0 Å². The maximum Gasteiger partial charge on any atom is 0.220 e. The van der Waals surface area contributed by atoms with E-state index in [9.17, 15) is 4.79 Å². The van der Waals surface area contributed by atoms with Crippen molar-refractivity contribution in [1.29, 1.82) is 0 Å². The predicted octanol–water partition coefficient (Wildman–Crippen LogP) is 1.93. The highest BCUT2D eigenvalue weighted by Crippen LogP contribution is 2.30. The first-order valence-corrected chi connectivity index (χ1v) is 8.17. The van der Waals surface area contributed by atoms with E-state index in [-0.39, 0.29) is 18.3 Å². The first kappa shape index (κ1) is 17.9. The zero-order valence-corrected chi connectivity index (χ0v) is 14.1. The highest BCUT2D eigenvalue weighted by atomic mass is 35.5. The van der Waals surface area contributed by atoms with E-state index in [2.05, 4.69) is 10.6 Å². The second-order valence-electron chi connectivity index (χ2n) is 5.98. The third kappa shape index (κ3) is 5.29. The minimum atomic E-state index is 0. The number of piperidine rings is 1. The Morgan fingerprint density at radius 1 is 1.17 bits per heavy atom. The molecular formula is C17H25ClN2O3. The summed E-state index contributed by atoms with van der Waals surface area (Å²) >= 11 is 0. The van der Waals surface area contributed by atoms with Crippen LogP contribution in [-0.2, 0) is 11.2 Å². The highest BCUT2D eigenvalue weighted by Gasteiger charge is 2.16. The monoisotopic (exact) mass is 340 g/mol. The molecule has 0 spiro atoms. The van der Waals surface area contributed by atoms with Gasteiger partial charge >= 0.3 is 0 Å². The van der Waals surface area contributed by atoms with Gasteiger partial charge in [0, 0.05) is 13.0 Å². The van der Waals surface area contributed by atoms with Gasteiger partial charge in [-0.15, -0.1) is 12.4 Å². The zero-order valence-electron chi connectivity index (χ0n) is 13.3. The number of amides is 1. The largest absolute Gasteiger partial charge is 0.486 e. The minimum absolute atomic E-state index is 0. The fourth-order valence-electron chi connectivity index (χ4n) is 3.01. The van der Waals surface area contributed by atoms with Crippen LogP contribution in [0.25, 0.3) is 0 Å². The molecule has 2 heterocycles. The van der Waals surface area contributed by atoms with E-state index in [4.69, 9.17) is 9.47 Å². The van der Waals surface area contributed by atoms with Gasteiger partial charge in [0.15, 0.2) is 11.5 Å². The molecule has 2 aliphatic heterocycles. The molecule has 1 aromatic rings. The smallest absolute Gasteiger partial charge is 0.220 e. The molecule has 0 radical (unpaired) electrons. The number of hydrogen-bond donors (Lipinski definition) is 2. The van der Waals surface area contributed by atoms with Gasteiger partial charge in [-0.05, 0) is 56.0 Å². The predicted molar refractivity (Wildman–Crippen MR) is 91.6 cm³/mol. The number of rotatable bonds is 5. The Morgan fingerprint density at radius 3 is 2.70 bits per heavy atom. The molecule has 2 aliphatic rings. The van der Waals surface area contributed by atoms with E-state index in [0.717, 1.165) is 49.4 Å². The fraction of sp³-hybridized carbons (Fsp3) is 0.588. The number of ether oxygens (including phenoxy) is 2. The molecule has 0 aliphatic carbocycles. The van der Waals surface area contributed by atoms with Crippen molar-refractivity contribution in [3.63, 3.8) is 0 Å². The Balaban J connectivity index is 0.00000192. The lowest BCUT2D eigenvalue weighted by Gasteiger charge is -2.22. The lowest BCUT2D eigenvalue weighted by atomic mass is 9.94. The Morgan fingerprint density at radius 2 is 1.91 bits per heavy atom. The van der Waals surface area contributed by atoms with Gasteiger partial charge in [0.05, 0.1) is 0 Å². The van der Waals surface area contributed by atoms with Crippen LogP contribution in [-0.4, -0.2) is 38.8 Å². The molecule has 6 heteroatoms. The molecule has 0 bridgehead atoms. The molecule has 0 aromatic heterocycles. The van der Waals surface area contributed by atoms with Crippen LogP contribution in [0, 0.1) is 5.92 Å². The maximum atomic E-state index is 12.0. The van der Waals surface area contributed by atoms with Crippen LogP contribution in [0.2, 0.25) is 0 Å². The Labute approximate surface area is 143 Å². The standard InChI is InChI=1S/C17H24N2O3.ClH/c20-17(12-14-3-6-18-7-4-14)19-8-5-13-1-2-15-16(11-13)22-10-9-21-15;/h1-2,11,14,18H,3-10,12H2,(H,19,20);1H. The lowest BCUT2D eigenvalue weighted by molar-refractivity contribution is -0.122. The number of carbonyl (C=O) groups excluding carboxylic acids is 1. The molecule has 1 saturated heterocycles. The quantitative estimate of drug-likeness (QED) is 0.860. The molecule has 0 saturated carbocycles. The van der Waals surface area contributed by atoms with E-state index in [0.29, 0.717) is 32.1 Å². The van der Waals surface area contributed by atoms with Gasteiger partial charge in [-0.1, -0.05) is 6.07 Å². The van der Waals surface area contributed by atoms with E-state index in [1.807, 2.05) is 18.2 Å². The van der Waals surface area contributed by atoms with Gasteiger partial charge in [-0.25, -0.2) is 0 Å². The summed E-state index contributed by atoms with van der Waals surface area (Å²) in [6.45, 7) is 3.95. The van der Waals surface area contributed by atoms with Gasteiger partial charge in [0.25, 0.3) is 0 Å². The van der Waals surface area contributed by atoms with Crippen molar-refractivity contribution in [3.8, 4) is 11.5 Å². The van der Waals surface area contributed by atoms with Crippen molar-refractivity contribution in [2.45, 2.75) is 25.7 Å². The van der Waals surface area contributed by atoms with E-state index in [1.54, 1.807) is 0 Å². The third-order valence-corrected chi connectivity index (χ3v) is 4.28. The minimum Gasteiger partial charge on any atom is -0.486 e. The van der Waals surface area contributed by atoms with Gasteiger partial charge in [-0.3, -0.25) is 4.79 Å². The number of fused-ring (bicyclic) bond motifs is 1. The molecule has 23 heavy (non-hydrogen) atoms. The first-order valence-electron chi connectivity index (χ1n) is 8.17. The number of carbonyl (C=O) groups is 1. The van der Waals surface area contributed by atoms with Crippen molar-refractivity contribution < 1.29 is 14.3 Å². The van der Waals surface area contributed by atoms with Gasteiger partial charge in [0.2, 0.25) is 5.91 Å². The van der Waals surface area contributed by atoms with Crippen LogP contribution in [0.4, 0.5) is 0 Å². The van der Waals surface area contributed by atoms with Crippen LogP contribution in [0.15, 0.2) is 18.2 Å². The lowest BCUT2D eigenvalue weighted by Crippen LogP contribution is -2.33. The molecule has 1 fully saturated rings. The molecule has 0 unspecified atom stereocenters. The molecule has 2 N–H and O–H groups in total. The second-order valence-corrected chi connectivity index (χ2v) is 5.98. The van der Waals surface area contributed by atoms with Crippen molar-refractivity contribution in [2.24, 2.45) is 5.92 Å². The number of hydrogen-bond acceptors (Lipinski definition) is 4. The molecule has 128 valence electrons. The van der Waals surface area contributed by atoms with Gasteiger partial charge in [0.1, 0.15) is 13.2 Å². The molecular weight excluding hydrogens is 316 g/mol. The topological polar surface area (TPSA) is 59.6 Å². The Kier molecular flexibility index (Phi) is 6.99. The van der Waals surface area contributed by atoms with Crippen LogP contribution < -0.4 is 20.1 Å². The number of halogens is 1. The molecule has 5 nitrogen and oxygen atoms in total. The molecule has 0 atom stereocenters. The SMILES string of the molecule is Cl.O=C(CC1CCNCC1)NCCc1ccc2c(c1)OCCO2. The van der Waals surface area contributed by atoms with Crippen molar-refractivity contribution in [3.05, 3.63) is 23.8 Å². The summed E-state index contributed by atoms with van der Waals surface area (Å²) in [6, 6.07) is 5.99. The average Bonchev–Trinajstić information content (AvgIpc) is 2.55. The average molecular weight is 341 g/mol. The highest BCUT2D eigenvalue weighted by molar-refractivity contribution is 5.85. The van der Waals surface area contributed by atoms with Crippen molar-refractivity contribution in [2.75, 3.05) is 32.8 Å². The summed E-state index contributed by atoms with van der Waals surface area (Å²) in [7, 11) is 0. The van der Waals surface area contributed by atoms with E-state index >= 15 is 0 Å². The maximum absolute atomic E-state index is 12.0. The molecule has 1 amide bonds. The zero-order chi connectivity index (χ0) is 15.2. The van der Waals surface area contributed by atoms with Crippen LogP contribution >= 0.6 is 12.4 Å². The molecule has 1 aromatic carbocycles. The summed E-state index contributed by atoms with van der Waals surface area (Å²) in [5, 5.41) is 6.35. The number of benzene rings is 1. The number of nitrogens with one attached hydrogen (secondary N) is 2. The fourth-order valence-corrected chi connectivity index (χ4v) is 3.01. The van der Waals surface area contributed by atoms with Crippen LogP contribution in [0.5, 0.6) is 11.5 Å². The summed E-state index contributed by atoms with van der Waals surface area (Å²) in [4.78, 5) is 12.0. The summed E-state index contributed by atoms with van der Waals surface area (Å²) in [5.41, 5.74) is 1.16. The van der Waals surface area contributed by atoms with Gasteiger partial charge in [-0.2, -0.15) is 0 Å². The normalized spacial score (nSPS) is 17.2. The first-order chi connectivity index (χ1) is 10.8. The van der Waals surface area contributed by atoms with Crippen molar-refractivity contribution >= 4 is 18.3 Å². The molecule has 3 rings (SSSR count). The Hall–Kier alpha value is -1.46. The third-order valence-electron chi connectivity index (χ3n) is 4.28. The summed E-state index contributed by atoms with van der Waals surface area (Å²) in [6.07, 6.45) is 3.68. The van der Waals surface area contributed by atoms with Gasteiger partial charge < -0.3 is 20.1 Å².